The molecule has 19 heavy (non-hydrogen) atoms. The highest BCUT2D eigenvalue weighted by Crippen LogP contribution is 2.13. The lowest BCUT2D eigenvalue weighted by molar-refractivity contribution is 0.0757. The van der Waals surface area contributed by atoms with E-state index in [1.807, 2.05) is 36.2 Å². The standard InChI is InChI=1S/C15H24N2OS/c1-5-10-16-14-8-6-13(7-9-14)15(18)17(3)12(2)11-19-4/h6-9,12,16H,5,10-11H2,1-4H3. The molecule has 1 aromatic rings. The largest absolute Gasteiger partial charge is 0.385 e. The molecule has 0 saturated heterocycles. The molecule has 0 aliphatic heterocycles. The first-order valence-corrected chi connectivity index (χ1v) is 8.09. The summed E-state index contributed by atoms with van der Waals surface area (Å²) in [5.74, 6) is 1.04. The van der Waals surface area contributed by atoms with Crippen LogP contribution in [0, 0.1) is 0 Å². The van der Waals surface area contributed by atoms with E-state index in [2.05, 4.69) is 25.4 Å². The Morgan fingerprint density at radius 3 is 2.53 bits per heavy atom. The number of nitrogens with one attached hydrogen (secondary N) is 1. The Kier molecular flexibility index (Phi) is 6.78. The van der Waals surface area contributed by atoms with E-state index < -0.39 is 0 Å². The second-order valence-corrected chi connectivity index (χ2v) is 5.64. The molecule has 4 heteroatoms. The molecule has 1 N–H and O–H groups in total. The van der Waals surface area contributed by atoms with Crippen LogP contribution in [0.3, 0.4) is 0 Å². The summed E-state index contributed by atoms with van der Waals surface area (Å²) in [5, 5.41) is 3.30. The summed E-state index contributed by atoms with van der Waals surface area (Å²) in [7, 11) is 1.87. The number of carbonyl (C=O) groups excluding carboxylic acids is 1. The van der Waals surface area contributed by atoms with E-state index in [1.165, 1.54) is 0 Å². The Labute approximate surface area is 120 Å². The maximum Gasteiger partial charge on any atom is 0.253 e. The summed E-state index contributed by atoms with van der Waals surface area (Å²) < 4.78 is 0. The third kappa shape index (κ3) is 4.78. The number of thioether (sulfide) groups is 1. The number of anilines is 1. The molecule has 3 nitrogen and oxygen atoms in total. The molecule has 0 aromatic heterocycles. The molecule has 1 amide bonds. The molecule has 0 heterocycles. The second kappa shape index (κ2) is 8.10. The van der Waals surface area contributed by atoms with Gasteiger partial charge in [0.1, 0.15) is 0 Å². The molecular formula is C15H24N2OS. The summed E-state index contributed by atoms with van der Waals surface area (Å²) >= 11 is 1.76. The van der Waals surface area contributed by atoms with Crippen LogP contribution in [0.25, 0.3) is 0 Å². The molecule has 1 rings (SSSR count). The SMILES string of the molecule is CCCNc1ccc(C(=O)N(C)C(C)CSC)cc1. The van der Waals surface area contributed by atoms with Crippen LogP contribution in [0.2, 0.25) is 0 Å². The topological polar surface area (TPSA) is 32.3 Å². The van der Waals surface area contributed by atoms with Gasteiger partial charge in [-0.2, -0.15) is 11.8 Å². The van der Waals surface area contributed by atoms with Crippen LogP contribution in [0.15, 0.2) is 24.3 Å². The summed E-state index contributed by atoms with van der Waals surface area (Å²) in [6.45, 7) is 5.16. The minimum absolute atomic E-state index is 0.0867. The van der Waals surface area contributed by atoms with Crippen LogP contribution in [-0.2, 0) is 0 Å². The van der Waals surface area contributed by atoms with Gasteiger partial charge in [-0.05, 0) is 43.9 Å². The van der Waals surface area contributed by atoms with E-state index in [4.69, 9.17) is 0 Å². The van der Waals surface area contributed by atoms with Crippen LogP contribution in [0.4, 0.5) is 5.69 Å². The lowest BCUT2D eigenvalue weighted by atomic mass is 10.1. The quantitative estimate of drug-likeness (QED) is 0.831. The van der Waals surface area contributed by atoms with Gasteiger partial charge in [-0.15, -0.1) is 0 Å². The van der Waals surface area contributed by atoms with Gasteiger partial charge in [0.05, 0.1) is 0 Å². The average Bonchev–Trinajstić information content (AvgIpc) is 2.44. The first kappa shape index (κ1) is 15.9. The molecule has 106 valence electrons. The molecular weight excluding hydrogens is 256 g/mol. The first-order valence-electron chi connectivity index (χ1n) is 6.70. The molecule has 0 radical (unpaired) electrons. The summed E-state index contributed by atoms with van der Waals surface area (Å²) in [6.07, 6.45) is 3.15. The monoisotopic (exact) mass is 280 g/mol. The van der Waals surface area contributed by atoms with Gasteiger partial charge in [0.25, 0.3) is 5.91 Å². The maximum atomic E-state index is 12.3. The second-order valence-electron chi connectivity index (χ2n) is 4.72. The minimum Gasteiger partial charge on any atom is -0.385 e. The van der Waals surface area contributed by atoms with Gasteiger partial charge in [0, 0.05) is 36.6 Å². The molecule has 0 aliphatic rings. The van der Waals surface area contributed by atoms with Crippen molar-refractivity contribution in [1.82, 2.24) is 4.90 Å². The van der Waals surface area contributed by atoms with Gasteiger partial charge < -0.3 is 10.2 Å². The molecule has 0 fully saturated rings. The summed E-state index contributed by atoms with van der Waals surface area (Å²) in [4.78, 5) is 14.1. The Balaban J connectivity index is 2.66. The molecule has 0 spiro atoms. The molecule has 1 unspecified atom stereocenters. The van der Waals surface area contributed by atoms with Crippen molar-refractivity contribution < 1.29 is 4.79 Å². The zero-order chi connectivity index (χ0) is 14.3. The van der Waals surface area contributed by atoms with E-state index in [0.29, 0.717) is 0 Å². The highest BCUT2D eigenvalue weighted by Gasteiger charge is 2.16. The number of hydrogen-bond donors (Lipinski definition) is 1. The van der Waals surface area contributed by atoms with E-state index >= 15 is 0 Å². The van der Waals surface area contributed by atoms with Crippen LogP contribution >= 0.6 is 11.8 Å². The van der Waals surface area contributed by atoms with Crippen LogP contribution < -0.4 is 5.32 Å². The first-order chi connectivity index (χ1) is 9.10. The van der Waals surface area contributed by atoms with E-state index in [0.717, 1.165) is 30.0 Å². The van der Waals surface area contributed by atoms with Crippen LogP contribution in [0.1, 0.15) is 30.6 Å². The number of hydrogen-bond acceptors (Lipinski definition) is 3. The zero-order valence-corrected chi connectivity index (χ0v) is 13.1. The van der Waals surface area contributed by atoms with Crippen molar-refractivity contribution in [1.29, 1.82) is 0 Å². The van der Waals surface area contributed by atoms with Crippen molar-refractivity contribution in [2.24, 2.45) is 0 Å². The van der Waals surface area contributed by atoms with Gasteiger partial charge in [-0.25, -0.2) is 0 Å². The highest BCUT2D eigenvalue weighted by atomic mass is 32.2. The van der Waals surface area contributed by atoms with Gasteiger partial charge in [-0.1, -0.05) is 6.92 Å². The molecule has 0 saturated carbocycles. The predicted molar refractivity (Wildman–Crippen MR) is 85.2 cm³/mol. The van der Waals surface area contributed by atoms with E-state index in [9.17, 15) is 4.79 Å². The van der Waals surface area contributed by atoms with Crippen molar-refractivity contribution in [3.8, 4) is 0 Å². The van der Waals surface area contributed by atoms with Crippen molar-refractivity contribution in [3.63, 3.8) is 0 Å². The number of nitrogens with zero attached hydrogens (tertiary/aromatic N) is 1. The van der Waals surface area contributed by atoms with Gasteiger partial charge in [0.2, 0.25) is 0 Å². The summed E-state index contributed by atoms with van der Waals surface area (Å²) in [5.41, 5.74) is 1.82. The fraction of sp³-hybridized carbons (Fsp3) is 0.533. The molecule has 0 bridgehead atoms. The molecule has 1 aromatic carbocycles. The van der Waals surface area contributed by atoms with Crippen LogP contribution in [-0.4, -0.2) is 42.4 Å². The summed E-state index contributed by atoms with van der Waals surface area (Å²) in [6, 6.07) is 7.97. The lowest BCUT2D eigenvalue weighted by Gasteiger charge is -2.24. The number of carbonyl (C=O) groups is 1. The average molecular weight is 280 g/mol. The number of amides is 1. The Hall–Kier alpha value is -1.16. The normalized spacial score (nSPS) is 12.0. The van der Waals surface area contributed by atoms with Crippen molar-refractivity contribution in [3.05, 3.63) is 29.8 Å². The van der Waals surface area contributed by atoms with E-state index in [1.54, 1.807) is 11.8 Å². The number of benzene rings is 1. The molecule has 1 atom stereocenters. The predicted octanol–water partition coefficient (Wildman–Crippen LogP) is 3.33. The fourth-order valence-corrected chi connectivity index (χ4v) is 2.46. The third-order valence-corrected chi connectivity index (χ3v) is 3.92. The zero-order valence-electron chi connectivity index (χ0n) is 12.3. The molecule has 0 aliphatic carbocycles. The Morgan fingerprint density at radius 1 is 1.37 bits per heavy atom. The smallest absolute Gasteiger partial charge is 0.253 e. The fourth-order valence-electron chi connectivity index (χ4n) is 1.76. The van der Waals surface area contributed by atoms with Crippen LogP contribution in [0.5, 0.6) is 0 Å². The minimum atomic E-state index is 0.0867. The highest BCUT2D eigenvalue weighted by molar-refractivity contribution is 7.98. The lowest BCUT2D eigenvalue weighted by Crippen LogP contribution is -2.36. The van der Waals surface area contributed by atoms with E-state index in [-0.39, 0.29) is 11.9 Å². The maximum absolute atomic E-state index is 12.3. The Bertz CT molecular complexity index is 392. The third-order valence-electron chi connectivity index (χ3n) is 3.10. The van der Waals surface area contributed by atoms with Gasteiger partial charge in [-0.3, -0.25) is 4.79 Å². The van der Waals surface area contributed by atoms with Gasteiger partial charge >= 0.3 is 0 Å². The van der Waals surface area contributed by atoms with Crippen molar-refractivity contribution in [2.45, 2.75) is 26.3 Å². The van der Waals surface area contributed by atoms with Crippen molar-refractivity contribution >= 4 is 23.4 Å². The van der Waals surface area contributed by atoms with Crippen molar-refractivity contribution in [2.75, 3.05) is 30.9 Å². The Morgan fingerprint density at radius 2 is 2.00 bits per heavy atom. The number of rotatable bonds is 7. The van der Waals surface area contributed by atoms with Gasteiger partial charge in [0.15, 0.2) is 0 Å².